The summed E-state index contributed by atoms with van der Waals surface area (Å²) in [5, 5.41) is 40.6. The predicted molar refractivity (Wildman–Crippen MR) is 128 cm³/mol. The lowest BCUT2D eigenvalue weighted by Gasteiger charge is -2.12. The van der Waals surface area contributed by atoms with Gasteiger partial charge >= 0.3 is 0 Å². The van der Waals surface area contributed by atoms with Gasteiger partial charge < -0.3 is 25.2 Å². The van der Waals surface area contributed by atoms with Crippen LogP contribution in [0.2, 0.25) is 0 Å². The van der Waals surface area contributed by atoms with E-state index in [0.29, 0.717) is 35.5 Å². The number of hydrogen-bond donors (Lipinski definition) is 4. The molecule has 0 bridgehead atoms. The highest BCUT2D eigenvalue weighted by molar-refractivity contribution is 5.74. The molecule has 0 saturated carbocycles. The van der Waals surface area contributed by atoms with Crippen molar-refractivity contribution in [3.05, 3.63) is 65.7 Å². The fourth-order valence-corrected chi connectivity index (χ4v) is 3.44. The number of phenolic OH excluding ortho intramolecular Hbond substituents is 3. The van der Waals surface area contributed by atoms with Crippen LogP contribution in [-0.4, -0.2) is 48.6 Å². The van der Waals surface area contributed by atoms with Crippen molar-refractivity contribution in [2.24, 2.45) is 0 Å². The van der Waals surface area contributed by atoms with E-state index in [4.69, 9.17) is 9.84 Å². The monoisotopic (exact) mass is 459 g/mol. The number of phenols is 3. The zero-order valence-electron chi connectivity index (χ0n) is 18.9. The van der Waals surface area contributed by atoms with E-state index in [0.717, 1.165) is 11.1 Å². The third kappa shape index (κ3) is 4.92. The quantitative estimate of drug-likeness (QED) is 0.300. The highest BCUT2D eigenvalue weighted by atomic mass is 16.5. The second-order valence-electron chi connectivity index (χ2n) is 7.95. The maximum absolute atomic E-state index is 10.7. The maximum atomic E-state index is 10.7. The summed E-state index contributed by atoms with van der Waals surface area (Å²) in [5.74, 6) is 0.906. The van der Waals surface area contributed by atoms with E-state index in [2.05, 4.69) is 15.0 Å². The average molecular weight is 460 g/mol. The summed E-state index contributed by atoms with van der Waals surface area (Å²) in [6, 6.07) is 15.0. The lowest BCUT2D eigenvalue weighted by atomic mass is 10.1. The van der Waals surface area contributed by atoms with E-state index in [1.807, 2.05) is 26.0 Å². The van der Waals surface area contributed by atoms with Crippen LogP contribution in [0.25, 0.3) is 34.2 Å². The van der Waals surface area contributed by atoms with E-state index < -0.39 is 0 Å². The summed E-state index contributed by atoms with van der Waals surface area (Å²) in [4.78, 5) is 13.5. The second kappa shape index (κ2) is 9.76. The van der Waals surface area contributed by atoms with Gasteiger partial charge in [0.25, 0.3) is 0 Å². The Morgan fingerprint density at radius 1 is 0.647 bits per heavy atom. The first kappa shape index (κ1) is 23.0. The molecule has 0 fully saturated rings. The van der Waals surface area contributed by atoms with Crippen molar-refractivity contribution in [3.8, 4) is 57.2 Å². The van der Waals surface area contributed by atoms with Crippen LogP contribution in [0.4, 0.5) is 0 Å². The summed E-state index contributed by atoms with van der Waals surface area (Å²) >= 11 is 0. The molecule has 4 N–H and O–H groups in total. The SMILES string of the molecule is Cc1ccc(-c2nc(-c3ccc(C)cc3O)nc(-c3ccc(OCCCO)cc3O)n2)c(O)c1. The Labute approximate surface area is 196 Å². The van der Waals surface area contributed by atoms with Crippen molar-refractivity contribution in [1.82, 2.24) is 15.0 Å². The highest BCUT2D eigenvalue weighted by Crippen LogP contribution is 2.36. The summed E-state index contributed by atoms with van der Waals surface area (Å²) in [6.45, 7) is 4.05. The molecule has 1 aromatic heterocycles. The molecular formula is C26H25N3O5. The largest absolute Gasteiger partial charge is 0.507 e. The van der Waals surface area contributed by atoms with E-state index >= 15 is 0 Å². The van der Waals surface area contributed by atoms with Crippen molar-refractivity contribution >= 4 is 0 Å². The number of benzene rings is 3. The van der Waals surface area contributed by atoms with E-state index in [1.54, 1.807) is 36.4 Å². The molecule has 0 unspecified atom stereocenters. The third-order valence-corrected chi connectivity index (χ3v) is 5.20. The van der Waals surface area contributed by atoms with Gasteiger partial charge in [-0.2, -0.15) is 0 Å². The molecule has 3 aromatic carbocycles. The summed E-state index contributed by atoms with van der Waals surface area (Å²) in [6.07, 6.45) is 0.475. The Hall–Kier alpha value is -4.17. The van der Waals surface area contributed by atoms with Crippen LogP contribution in [-0.2, 0) is 0 Å². The standard InChI is InChI=1S/C26H25N3O5/c1-15-4-7-18(21(31)12-15)24-27-25(19-8-5-16(2)13-22(19)32)29-26(28-24)20-9-6-17(14-23(20)33)34-11-3-10-30/h4-9,12-14,30-33H,3,10-11H2,1-2H3. The fourth-order valence-electron chi connectivity index (χ4n) is 3.44. The molecule has 0 amide bonds. The Balaban J connectivity index is 1.85. The minimum Gasteiger partial charge on any atom is -0.507 e. The molecule has 1 heterocycles. The van der Waals surface area contributed by atoms with Crippen molar-refractivity contribution in [2.45, 2.75) is 20.3 Å². The second-order valence-corrected chi connectivity index (χ2v) is 7.95. The molecule has 34 heavy (non-hydrogen) atoms. The van der Waals surface area contributed by atoms with Crippen LogP contribution in [0, 0.1) is 13.8 Å². The van der Waals surface area contributed by atoms with Gasteiger partial charge in [0, 0.05) is 19.1 Å². The topological polar surface area (TPSA) is 129 Å². The summed E-state index contributed by atoms with van der Waals surface area (Å²) in [5.41, 5.74) is 2.87. The van der Waals surface area contributed by atoms with Crippen LogP contribution >= 0.6 is 0 Å². The van der Waals surface area contributed by atoms with E-state index in [-0.39, 0.29) is 41.3 Å². The van der Waals surface area contributed by atoms with Gasteiger partial charge in [0.2, 0.25) is 0 Å². The maximum Gasteiger partial charge on any atom is 0.167 e. The van der Waals surface area contributed by atoms with E-state index in [1.165, 1.54) is 6.07 Å². The van der Waals surface area contributed by atoms with Gasteiger partial charge in [0.05, 0.1) is 23.3 Å². The molecule has 0 aliphatic rings. The number of aromatic nitrogens is 3. The minimum absolute atomic E-state index is 0.00748. The van der Waals surface area contributed by atoms with Gasteiger partial charge in [0.1, 0.15) is 23.0 Å². The number of rotatable bonds is 7. The average Bonchev–Trinajstić information content (AvgIpc) is 2.79. The molecule has 0 aliphatic carbocycles. The molecule has 0 spiro atoms. The van der Waals surface area contributed by atoms with Gasteiger partial charge in [0.15, 0.2) is 17.5 Å². The number of ether oxygens (including phenoxy) is 1. The van der Waals surface area contributed by atoms with Crippen molar-refractivity contribution in [3.63, 3.8) is 0 Å². The number of aryl methyl sites for hydroxylation is 2. The van der Waals surface area contributed by atoms with Crippen LogP contribution in [0.5, 0.6) is 23.0 Å². The molecule has 0 aliphatic heterocycles. The number of aliphatic hydroxyl groups excluding tert-OH is 1. The normalized spacial score (nSPS) is 10.9. The highest BCUT2D eigenvalue weighted by Gasteiger charge is 2.18. The van der Waals surface area contributed by atoms with Crippen LogP contribution < -0.4 is 4.74 Å². The minimum atomic E-state index is -0.106. The van der Waals surface area contributed by atoms with Crippen molar-refractivity contribution in [2.75, 3.05) is 13.2 Å². The van der Waals surface area contributed by atoms with Gasteiger partial charge in [-0.3, -0.25) is 0 Å². The van der Waals surface area contributed by atoms with Gasteiger partial charge in [-0.1, -0.05) is 12.1 Å². The lowest BCUT2D eigenvalue weighted by Crippen LogP contribution is -2.02. The zero-order valence-corrected chi connectivity index (χ0v) is 18.9. The van der Waals surface area contributed by atoms with Crippen molar-refractivity contribution < 1.29 is 25.2 Å². The first-order valence-electron chi connectivity index (χ1n) is 10.8. The summed E-state index contributed by atoms with van der Waals surface area (Å²) < 4.78 is 5.52. The number of aromatic hydroxyl groups is 3. The predicted octanol–water partition coefficient (Wildman–Crippen LogP) is 4.37. The molecule has 8 heteroatoms. The molecule has 0 radical (unpaired) electrons. The Morgan fingerprint density at radius 2 is 1.09 bits per heavy atom. The van der Waals surface area contributed by atoms with E-state index in [9.17, 15) is 15.3 Å². The smallest absolute Gasteiger partial charge is 0.167 e. The number of aliphatic hydroxyl groups is 1. The number of nitrogens with zero attached hydrogens (tertiary/aromatic N) is 3. The molecule has 0 atom stereocenters. The number of hydrogen-bond acceptors (Lipinski definition) is 8. The van der Waals surface area contributed by atoms with Crippen LogP contribution in [0.15, 0.2) is 54.6 Å². The van der Waals surface area contributed by atoms with Gasteiger partial charge in [-0.15, -0.1) is 0 Å². The lowest BCUT2D eigenvalue weighted by molar-refractivity contribution is 0.233. The molecule has 4 aromatic rings. The molecular weight excluding hydrogens is 434 g/mol. The zero-order chi connectivity index (χ0) is 24.2. The Kier molecular flexibility index (Phi) is 6.60. The molecule has 0 saturated heterocycles. The van der Waals surface area contributed by atoms with Crippen LogP contribution in [0.1, 0.15) is 17.5 Å². The first-order valence-corrected chi connectivity index (χ1v) is 10.8. The summed E-state index contributed by atoms with van der Waals surface area (Å²) in [7, 11) is 0. The molecule has 8 nitrogen and oxygen atoms in total. The fraction of sp³-hybridized carbons (Fsp3) is 0.192. The van der Waals surface area contributed by atoms with Gasteiger partial charge in [-0.05, 0) is 61.4 Å². The van der Waals surface area contributed by atoms with Gasteiger partial charge in [-0.25, -0.2) is 15.0 Å². The first-order chi connectivity index (χ1) is 16.4. The Morgan fingerprint density at radius 3 is 1.50 bits per heavy atom. The van der Waals surface area contributed by atoms with Crippen LogP contribution in [0.3, 0.4) is 0 Å². The van der Waals surface area contributed by atoms with Crippen molar-refractivity contribution in [1.29, 1.82) is 0 Å². The molecule has 174 valence electrons. The Bertz CT molecular complexity index is 1270. The third-order valence-electron chi connectivity index (χ3n) is 5.20. The molecule has 4 rings (SSSR count).